The molecule has 1 aromatic carbocycles. The molecular formula is C20H30N4OS. The van der Waals surface area contributed by atoms with Crippen molar-refractivity contribution in [3.05, 3.63) is 53.2 Å². The molecule has 142 valence electrons. The summed E-state index contributed by atoms with van der Waals surface area (Å²) < 4.78 is 5.82. The van der Waals surface area contributed by atoms with Gasteiger partial charge in [-0.3, -0.25) is 0 Å². The highest BCUT2D eigenvalue weighted by Gasteiger charge is 2.30. The molecule has 0 aliphatic carbocycles. The van der Waals surface area contributed by atoms with Gasteiger partial charge >= 0.3 is 0 Å². The molecule has 2 rings (SSSR count). The Kier molecular flexibility index (Phi) is 8.22. The van der Waals surface area contributed by atoms with Gasteiger partial charge in [-0.1, -0.05) is 12.1 Å². The van der Waals surface area contributed by atoms with Crippen LogP contribution >= 0.6 is 11.8 Å². The van der Waals surface area contributed by atoms with E-state index in [9.17, 15) is 0 Å². The molecule has 0 saturated carbocycles. The molecule has 0 atom stereocenters. The van der Waals surface area contributed by atoms with Gasteiger partial charge in [-0.05, 0) is 43.9 Å². The maximum absolute atomic E-state index is 6.97. The van der Waals surface area contributed by atoms with Crippen LogP contribution in [0.1, 0.15) is 19.4 Å². The van der Waals surface area contributed by atoms with E-state index < -0.39 is 0 Å². The number of hydrogen-bond acceptors (Lipinski definition) is 6. The Morgan fingerprint density at radius 1 is 1.38 bits per heavy atom. The molecule has 0 amide bonds. The van der Waals surface area contributed by atoms with Crippen LogP contribution in [0.4, 0.5) is 5.69 Å². The summed E-state index contributed by atoms with van der Waals surface area (Å²) in [4.78, 5) is 1.32. The number of ether oxygens (including phenoxy) is 1. The molecule has 1 aromatic rings. The summed E-state index contributed by atoms with van der Waals surface area (Å²) in [6.07, 6.45) is 10.6. The number of nitrogens with zero attached hydrogens (tertiary/aromatic N) is 2. The van der Waals surface area contributed by atoms with E-state index in [-0.39, 0.29) is 0 Å². The number of anilines is 1. The lowest BCUT2D eigenvalue weighted by atomic mass is 10.1. The fourth-order valence-corrected chi connectivity index (χ4v) is 3.29. The number of hydrazine groups is 1. The average molecular weight is 375 g/mol. The van der Waals surface area contributed by atoms with E-state index >= 15 is 0 Å². The van der Waals surface area contributed by atoms with Gasteiger partial charge in [0.1, 0.15) is 0 Å². The van der Waals surface area contributed by atoms with Gasteiger partial charge in [0.25, 0.3) is 0 Å². The molecule has 0 bridgehead atoms. The Morgan fingerprint density at radius 3 is 2.65 bits per heavy atom. The Bertz CT molecular complexity index is 621. The molecule has 1 saturated heterocycles. The molecule has 0 unspecified atom stereocenters. The highest BCUT2D eigenvalue weighted by atomic mass is 32.2. The normalized spacial score (nSPS) is 16.1. The van der Waals surface area contributed by atoms with Crippen LogP contribution in [0.25, 0.3) is 0 Å². The Hall–Kier alpha value is -1.76. The first-order chi connectivity index (χ1) is 12.5. The number of rotatable bonds is 10. The number of thioether (sulfide) groups is 1. The van der Waals surface area contributed by atoms with Gasteiger partial charge in [-0.15, -0.1) is 11.8 Å². The van der Waals surface area contributed by atoms with Crippen molar-refractivity contribution < 1.29 is 4.74 Å². The summed E-state index contributed by atoms with van der Waals surface area (Å²) in [6.45, 7) is 6.08. The lowest BCUT2D eigenvalue weighted by Crippen LogP contribution is -2.57. The van der Waals surface area contributed by atoms with Crippen LogP contribution in [0.2, 0.25) is 0 Å². The Balaban J connectivity index is 1.87. The van der Waals surface area contributed by atoms with Crippen LogP contribution in [0.15, 0.2) is 47.6 Å². The molecule has 6 heteroatoms. The molecule has 26 heavy (non-hydrogen) atoms. The minimum absolute atomic E-state index is 0.294. The van der Waals surface area contributed by atoms with E-state index in [2.05, 4.69) is 73.0 Å². The third-order valence-electron chi connectivity index (χ3n) is 4.11. The van der Waals surface area contributed by atoms with Crippen molar-refractivity contribution in [2.75, 3.05) is 31.7 Å². The maximum Gasteiger partial charge on any atom is 0.0869 e. The third kappa shape index (κ3) is 6.52. The fraction of sp³-hybridized carbons (Fsp3) is 0.450. The predicted octanol–water partition coefficient (Wildman–Crippen LogP) is 3.96. The van der Waals surface area contributed by atoms with Crippen LogP contribution in [-0.4, -0.2) is 54.8 Å². The van der Waals surface area contributed by atoms with Crippen LogP contribution in [0, 0.1) is 5.41 Å². The fourth-order valence-electron chi connectivity index (χ4n) is 2.72. The zero-order chi connectivity index (χ0) is 18.9. The van der Waals surface area contributed by atoms with E-state index in [0.29, 0.717) is 12.2 Å². The molecule has 0 aromatic heterocycles. The zero-order valence-electron chi connectivity index (χ0n) is 16.1. The van der Waals surface area contributed by atoms with Crippen LogP contribution in [-0.2, 0) is 11.2 Å². The number of allylic oxidation sites excluding steroid dienone is 2. The maximum atomic E-state index is 6.97. The Labute approximate surface area is 161 Å². The summed E-state index contributed by atoms with van der Waals surface area (Å²) in [5.41, 5.74) is 2.31. The highest BCUT2D eigenvalue weighted by Crippen LogP contribution is 2.22. The van der Waals surface area contributed by atoms with Gasteiger partial charge in [0.15, 0.2) is 0 Å². The van der Waals surface area contributed by atoms with E-state index in [1.807, 2.05) is 0 Å². The lowest BCUT2D eigenvalue weighted by Gasteiger charge is -2.44. The van der Waals surface area contributed by atoms with E-state index in [1.165, 1.54) is 16.7 Å². The van der Waals surface area contributed by atoms with Crippen molar-refractivity contribution in [3.8, 4) is 0 Å². The summed E-state index contributed by atoms with van der Waals surface area (Å²) >= 11 is 1.79. The van der Waals surface area contributed by atoms with Gasteiger partial charge < -0.3 is 20.5 Å². The average Bonchev–Trinajstić information content (AvgIpc) is 2.58. The van der Waals surface area contributed by atoms with Crippen LogP contribution in [0.3, 0.4) is 0 Å². The van der Waals surface area contributed by atoms with Gasteiger partial charge in [-0.2, -0.15) is 0 Å². The van der Waals surface area contributed by atoms with Crippen molar-refractivity contribution in [1.82, 2.24) is 10.0 Å². The predicted molar refractivity (Wildman–Crippen MR) is 113 cm³/mol. The minimum Gasteiger partial charge on any atom is -0.373 e. The standard InChI is InChI=1S/C20H30N4OS/c1-16(2)25-19-13-24(14-19)23(3)15-20(26-4)12-17-6-8-18(9-7-17)22-11-5-10-21/h5-11,15-16,19,21-22H,12-14H2,1-4H3/b11-5-,20-15-,21-10?. The van der Waals surface area contributed by atoms with Crippen molar-refractivity contribution >= 4 is 23.7 Å². The minimum atomic E-state index is 0.294. The summed E-state index contributed by atoms with van der Waals surface area (Å²) in [7, 11) is 2.10. The van der Waals surface area contributed by atoms with Gasteiger partial charge in [-0.25, -0.2) is 5.01 Å². The molecule has 5 nitrogen and oxygen atoms in total. The molecule has 1 aliphatic rings. The lowest BCUT2D eigenvalue weighted by molar-refractivity contribution is -0.142. The SMILES string of the molecule is CS/C(=C\N(C)N1CC(OC(C)C)C1)Cc1ccc(N/C=C\C=N)cc1. The second-order valence-electron chi connectivity index (χ2n) is 6.60. The summed E-state index contributed by atoms with van der Waals surface area (Å²) in [6, 6.07) is 8.41. The second kappa shape index (κ2) is 10.4. The quantitative estimate of drug-likeness (QED) is 0.607. The molecule has 0 radical (unpaired) electrons. The van der Waals surface area contributed by atoms with E-state index in [1.54, 1.807) is 24.0 Å². The first-order valence-electron chi connectivity index (χ1n) is 8.90. The molecule has 1 fully saturated rings. The van der Waals surface area contributed by atoms with Crippen LogP contribution < -0.4 is 5.32 Å². The monoisotopic (exact) mass is 374 g/mol. The first kappa shape index (κ1) is 20.6. The summed E-state index contributed by atoms with van der Waals surface area (Å²) in [5.74, 6) is 0. The number of hydrogen-bond donors (Lipinski definition) is 2. The topological polar surface area (TPSA) is 51.6 Å². The van der Waals surface area contributed by atoms with E-state index in [4.69, 9.17) is 10.1 Å². The Morgan fingerprint density at radius 2 is 2.08 bits per heavy atom. The van der Waals surface area contributed by atoms with Crippen molar-refractivity contribution in [1.29, 1.82) is 5.41 Å². The van der Waals surface area contributed by atoms with Gasteiger partial charge in [0.05, 0.1) is 12.2 Å². The largest absolute Gasteiger partial charge is 0.373 e. The zero-order valence-corrected chi connectivity index (χ0v) is 16.9. The van der Waals surface area contributed by atoms with Crippen LogP contribution in [0.5, 0.6) is 0 Å². The molecule has 2 N–H and O–H groups in total. The molecule has 0 spiro atoms. The third-order valence-corrected chi connectivity index (χ3v) is 4.88. The highest BCUT2D eigenvalue weighted by molar-refractivity contribution is 8.02. The molecule has 1 heterocycles. The van der Waals surface area contributed by atoms with Crippen molar-refractivity contribution in [2.45, 2.75) is 32.5 Å². The van der Waals surface area contributed by atoms with Crippen molar-refractivity contribution in [2.24, 2.45) is 0 Å². The molecule has 1 aliphatic heterocycles. The smallest absolute Gasteiger partial charge is 0.0869 e. The second-order valence-corrected chi connectivity index (χ2v) is 7.53. The first-order valence-corrected chi connectivity index (χ1v) is 10.1. The van der Waals surface area contributed by atoms with Crippen molar-refractivity contribution in [3.63, 3.8) is 0 Å². The number of benzene rings is 1. The van der Waals surface area contributed by atoms with Gasteiger partial charge in [0, 0.05) is 55.8 Å². The molecular weight excluding hydrogens is 344 g/mol. The summed E-state index contributed by atoms with van der Waals surface area (Å²) in [5, 5.41) is 14.6. The number of nitrogens with one attached hydrogen (secondary N) is 2. The van der Waals surface area contributed by atoms with E-state index in [0.717, 1.165) is 25.2 Å². The van der Waals surface area contributed by atoms with Gasteiger partial charge in [0.2, 0.25) is 0 Å².